The van der Waals surface area contributed by atoms with Gasteiger partial charge in [0.2, 0.25) is 0 Å². The summed E-state index contributed by atoms with van der Waals surface area (Å²) in [5.41, 5.74) is -0.402. The van der Waals surface area contributed by atoms with Gasteiger partial charge >= 0.3 is 0 Å². The highest BCUT2D eigenvalue weighted by molar-refractivity contribution is 9.10. The van der Waals surface area contributed by atoms with E-state index in [2.05, 4.69) is 26.0 Å². The zero-order chi connectivity index (χ0) is 20.6. The lowest BCUT2D eigenvalue weighted by Crippen LogP contribution is -2.29. The number of phenolic OH excluding ortho intramolecular Hbond substituents is 1. The molecule has 28 heavy (non-hydrogen) atoms. The topological polar surface area (TPSA) is 111 Å². The fourth-order valence-corrected chi connectivity index (χ4v) is 2.98. The molecular formula is C19H17BrN4O4. The number of halogens is 1. The predicted molar refractivity (Wildman–Crippen MR) is 110 cm³/mol. The molecule has 0 unspecified atom stereocenters. The third-order valence-corrected chi connectivity index (χ3v) is 4.51. The van der Waals surface area contributed by atoms with E-state index in [1.807, 2.05) is 20.8 Å². The number of benzene rings is 2. The van der Waals surface area contributed by atoms with Crippen molar-refractivity contribution in [3.8, 4) is 5.75 Å². The number of rotatable bonds is 3. The Morgan fingerprint density at radius 2 is 1.96 bits per heavy atom. The van der Waals surface area contributed by atoms with Crippen LogP contribution in [0.3, 0.4) is 0 Å². The number of nitro groups is 1. The molecule has 1 aromatic heterocycles. The summed E-state index contributed by atoms with van der Waals surface area (Å²) < 4.78 is 1.89. The van der Waals surface area contributed by atoms with Gasteiger partial charge in [0.1, 0.15) is 11.6 Å². The Morgan fingerprint density at radius 1 is 1.25 bits per heavy atom. The van der Waals surface area contributed by atoms with Crippen LogP contribution < -0.4 is 5.56 Å². The van der Waals surface area contributed by atoms with E-state index >= 15 is 0 Å². The van der Waals surface area contributed by atoms with Crippen molar-refractivity contribution in [2.24, 2.45) is 5.10 Å². The van der Waals surface area contributed by atoms with Crippen LogP contribution in [-0.4, -0.2) is 25.9 Å². The smallest absolute Gasteiger partial charge is 0.282 e. The van der Waals surface area contributed by atoms with Gasteiger partial charge in [0, 0.05) is 27.6 Å². The number of fused-ring (bicyclic) bond motifs is 1. The van der Waals surface area contributed by atoms with E-state index in [1.54, 1.807) is 18.2 Å². The maximum atomic E-state index is 13.0. The van der Waals surface area contributed by atoms with Gasteiger partial charge in [0.05, 0.1) is 22.0 Å². The third-order valence-electron chi connectivity index (χ3n) is 4.01. The molecule has 3 aromatic rings. The summed E-state index contributed by atoms with van der Waals surface area (Å²) >= 11 is 3.34. The molecule has 0 aliphatic rings. The summed E-state index contributed by atoms with van der Waals surface area (Å²) in [5.74, 6) is 0.240. The number of nitrogens with zero attached hydrogens (tertiary/aromatic N) is 4. The molecule has 0 spiro atoms. The first-order valence-electron chi connectivity index (χ1n) is 8.32. The summed E-state index contributed by atoms with van der Waals surface area (Å²) in [6, 6.07) is 8.79. The predicted octanol–water partition coefficient (Wildman–Crippen LogP) is 3.95. The molecular weight excluding hydrogens is 428 g/mol. The molecule has 0 fully saturated rings. The van der Waals surface area contributed by atoms with Crippen molar-refractivity contribution in [3.63, 3.8) is 0 Å². The van der Waals surface area contributed by atoms with Crippen LogP contribution in [-0.2, 0) is 5.41 Å². The maximum absolute atomic E-state index is 13.0. The summed E-state index contributed by atoms with van der Waals surface area (Å²) in [7, 11) is 0. The highest BCUT2D eigenvalue weighted by Gasteiger charge is 2.23. The molecule has 0 aliphatic heterocycles. The lowest BCUT2D eigenvalue weighted by Gasteiger charge is -2.20. The van der Waals surface area contributed by atoms with E-state index in [0.717, 1.165) is 9.15 Å². The van der Waals surface area contributed by atoms with Crippen molar-refractivity contribution < 1.29 is 10.0 Å². The van der Waals surface area contributed by atoms with E-state index in [-0.39, 0.29) is 22.6 Å². The monoisotopic (exact) mass is 444 g/mol. The van der Waals surface area contributed by atoms with E-state index in [1.165, 1.54) is 24.4 Å². The van der Waals surface area contributed by atoms with Gasteiger partial charge in [-0.1, -0.05) is 36.7 Å². The van der Waals surface area contributed by atoms with Crippen LogP contribution in [0.4, 0.5) is 5.69 Å². The maximum Gasteiger partial charge on any atom is 0.282 e. The van der Waals surface area contributed by atoms with Crippen molar-refractivity contribution in [1.29, 1.82) is 0 Å². The first kappa shape index (κ1) is 19.7. The zero-order valence-corrected chi connectivity index (χ0v) is 17.0. The molecule has 1 heterocycles. The highest BCUT2D eigenvalue weighted by Crippen LogP contribution is 2.24. The second-order valence-corrected chi connectivity index (χ2v) is 8.12. The molecule has 0 saturated carbocycles. The minimum Gasteiger partial charge on any atom is -0.507 e. The normalized spacial score (nSPS) is 12.0. The fourth-order valence-electron chi connectivity index (χ4n) is 2.62. The number of nitro benzene ring substituents is 1. The van der Waals surface area contributed by atoms with Crippen LogP contribution in [0, 0.1) is 10.1 Å². The molecule has 0 atom stereocenters. The minimum atomic E-state index is -0.571. The molecule has 2 aromatic carbocycles. The lowest BCUT2D eigenvalue weighted by molar-refractivity contribution is -0.384. The Labute approximate surface area is 168 Å². The summed E-state index contributed by atoms with van der Waals surface area (Å²) in [5, 5.41) is 25.5. The number of phenols is 1. The van der Waals surface area contributed by atoms with Crippen molar-refractivity contribution in [1.82, 2.24) is 9.66 Å². The van der Waals surface area contributed by atoms with Crippen molar-refractivity contribution in [2.45, 2.75) is 26.2 Å². The van der Waals surface area contributed by atoms with Gasteiger partial charge in [-0.3, -0.25) is 14.9 Å². The quantitative estimate of drug-likeness (QED) is 0.373. The molecule has 3 rings (SSSR count). The lowest BCUT2D eigenvalue weighted by atomic mass is 9.95. The Morgan fingerprint density at radius 3 is 2.61 bits per heavy atom. The van der Waals surface area contributed by atoms with Crippen LogP contribution >= 0.6 is 15.9 Å². The van der Waals surface area contributed by atoms with Crippen molar-refractivity contribution in [2.75, 3.05) is 0 Å². The Balaban J connectivity index is 2.23. The van der Waals surface area contributed by atoms with Crippen LogP contribution in [0.2, 0.25) is 0 Å². The van der Waals surface area contributed by atoms with Gasteiger partial charge < -0.3 is 5.11 Å². The Bertz CT molecular complexity index is 1180. The molecule has 0 radical (unpaired) electrons. The number of aromatic hydroxyl groups is 1. The van der Waals surface area contributed by atoms with E-state index in [9.17, 15) is 20.0 Å². The molecule has 144 valence electrons. The molecule has 0 amide bonds. The molecule has 0 aliphatic carbocycles. The second kappa shape index (κ2) is 7.16. The largest absolute Gasteiger partial charge is 0.507 e. The third kappa shape index (κ3) is 3.79. The van der Waals surface area contributed by atoms with Gasteiger partial charge in [-0.15, -0.1) is 0 Å². The van der Waals surface area contributed by atoms with Gasteiger partial charge in [0.25, 0.3) is 11.2 Å². The van der Waals surface area contributed by atoms with Crippen LogP contribution in [0.15, 0.2) is 50.8 Å². The van der Waals surface area contributed by atoms with Gasteiger partial charge in [0.15, 0.2) is 0 Å². The molecule has 8 nitrogen and oxygen atoms in total. The molecule has 9 heteroatoms. The first-order valence-corrected chi connectivity index (χ1v) is 9.12. The van der Waals surface area contributed by atoms with Crippen LogP contribution in [0.5, 0.6) is 5.75 Å². The minimum absolute atomic E-state index is 0.121. The number of hydrogen-bond donors (Lipinski definition) is 1. The van der Waals surface area contributed by atoms with Crippen molar-refractivity contribution >= 4 is 38.7 Å². The molecule has 0 saturated heterocycles. The zero-order valence-electron chi connectivity index (χ0n) is 15.4. The second-order valence-electron chi connectivity index (χ2n) is 7.21. The number of hydrogen-bond acceptors (Lipinski definition) is 6. The number of non-ortho nitro benzene ring substituents is 1. The SMILES string of the molecule is CC(C)(C)c1nc2ccc(Br)cc2c(=O)n1N=Cc1cc([N+](=O)[O-])ccc1O. The average Bonchev–Trinajstić information content (AvgIpc) is 2.61. The van der Waals surface area contributed by atoms with Crippen molar-refractivity contribution in [3.05, 3.63) is 72.7 Å². The number of aromatic nitrogens is 2. The summed E-state index contributed by atoms with van der Waals surface area (Å²) in [6.45, 7) is 5.70. The van der Waals surface area contributed by atoms with E-state index in [0.29, 0.717) is 16.7 Å². The highest BCUT2D eigenvalue weighted by atomic mass is 79.9. The Hall–Kier alpha value is -3.07. The summed E-state index contributed by atoms with van der Waals surface area (Å²) in [6.07, 6.45) is 1.21. The van der Waals surface area contributed by atoms with E-state index in [4.69, 9.17) is 0 Å². The first-order chi connectivity index (χ1) is 13.1. The van der Waals surface area contributed by atoms with Crippen LogP contribution in [0.25, 0.3) is 10.9 Å². The fraction of sp³-hybridized carbons (Fsp3) is 0.211. The standard InChI is InChI=1S/C19H17BrN4O4/c1-19(2,3)18-22-15-6-4-12(20)9-14(15)17(26)23(18)21-10-11-8-13(24(27)28)5-7-16(11)25/h4-10,25H,1-3H3. The van der Waals surface area contributed by atoms with E-state index < -0.39 is 10.3 Å². The van der Waals surface area contributed by atoms with Gasteiger partial charge in [-0.2, -0.15) is 9.78 Å². The molecule has 0 bridgehead atoms. The Kier molecular flexibility index (Phi) is 5.03. The van der Waals surface area contributed by atoms with Gasteiger partial charge in [-0.25, -0.2) is 4.98 Å². The molecule has 1 N–H and O–H groups in total. The average molecular weight is 445 g/mol. The summed E-state index contributed by atoms with van der Waals surface area (Å²) in [4.78, 5) is 28.0. The van der Waals surface area contributed by atoms with Crippen LogP contribution in [0.1, 0.15) is 32.2 Å². The van der Waals surface area contributed by atoms with Gasteiger partial charge in [-0.05, 0) is 24.3 Å².